The van der Waals surface area contributed by atoms with Crippen LogP contribution in [0.3, 0.4) is 0 Å². The lowest BCUT2D eigenvalue weighted by Crippen LogP contribution is -2.20. The third-order valence-corrected chi connectivity index (χ3v) is 4.55. The summed E-state index contributed by atoms with van der Waals surface area (Å²) in [4.78, 5) is 0. The van der Waals surface area contributed by atoms with Crippen molar-refractivity contribution in [1.82, 2.24) is 0 Å². The smallest absolute Gasteiger partial charge is 0.175 e. The van der Waals surface area contributed by atoms with Gasteiger partial charge >= 0.3 is 0 Å². The molecule has 0 saturated carbocycles. The molecule has 0 saturated heterocycles. The number of thiocarbonyl (C=S) groups is 1. The number of anilines is 2. The molecular formula is C13H7Br2Cl2FN2S. The first kappa shape index (κ1) is 17.0. The standard InChI is InChI=1S/C13H7Br2Cl2FN2S/c14-6-4-7(15)12(9(18)5-6)20-13(21)19-10-3-1-2-8(16)11(10)17/h1-5H,(H2,19,20,21). The van der Waals surface area contributed by atoms with E-state index in [0.29, 0.717) is 24.7 Å². The second-order valence-electron chi connectivity index (χ2n) is 3.92. The van der Waals surface area contributed by atoms with Gasteiger partial charge in [-0.3, -0.25) is 0 Å². The molecular weight excluding hydrogens is 466 g/mol. The molecule has 0 fully saturated rings. The molecule has 0 heterocycles. The predicted molar refractivity (Wildman–Crippen MR) is 98.1 cm³/mol. The summed E-state index contributed by atoms with van der Waals surface area (Å²) < 4.78 is 15.1. The van der Waals surface area contributed by atoms with Gasteiger partial charge in [-0.15, -0.1) is 0 Å². The van der Waals surface area contributed by atoms with Crippen molar-refractivity contribution in [2.24, 2.45) is 0 Å². The zero-order valence-corrected chi connectivity index (χ0v) is 15.7. The predicted octanol–water partition coefficient (Wildman–Crippen LogP) is 6.47. The Bertz CT molecular complexity index is 690. The van der Waals surface area contributed by atoms with Crippen molar-refractivity contribution in [1.29, 1.82) is 0 Å². The number of hydrogen-bond acceptors (Lipinski definition) is 1. The van der Waals surface area contributed by atoms with Crippen molar-refractivity contribution >= 4 is 83.8 Å². The van der Waals surface area contributed by atoms with Crippen molar-refractivity contribution in [2.45, 2.75) is 0 Å². The van der Waals surface area contributed by atoms with Crippen molar-refractivity contribution in [3.05, 3.63) is 55.1 Å². The second-order valence-corrected chi connectivity index (χ2v) is 6.89. The van der Waals surface area contributed by atoms with Crippen LogP contribution < -0.4 is 10.6 Å². The Hall–Kier alpha value is -0.400. The average molecular weight is 473 g/mol. The summed E-state index contributed by atoms with van der Waals surface area (Å²) in [6.45, 7) is 0. The molecule has 0 aliphatic carbocycles. The van der Waals surface area contributed by atoms with Gasteiger partial charge in [-0.25, -0.2) is 4.39 Å². The highest BCUT2D eigenvalue weighted by Gasteiger charge is 2.11. The first-order valence-electron chi connectivity index (χ1n) is 5.55. The van der Waals surface area contributed by atoms with Crippen LogP contribution in [0.1, 0.15) is 0 Å². The largest absolute Gasteiger partial charge is 0.331 e. The summed E-state index contributed by atoms with van der Waals surface area (Å²) in [6.07, 6.45) is 0. The normalized spacial score (nSPS) is 10.3. The van der Waals surface area contributed by atoms with Crippen molar-refractivity contribution < 1.29 is 4.39 Å². The number of benzene rings is 2. The molecule has 0 atom stereocenters. The molecule has 0 radical (unpaired) electrons. The van der Waals surface area contributed by atoms with E-state index in [1.165, 1.54) is 6.07 Å². The van der Waals surface area contributed by atoms with Crippen LogP contribution in [0.2, 0.25) is 10.0 Å². The quantitative estimate of drug-likeness (QED) is 0.490. The Balaban J connectivity index is 2.18. The van der Waals surface area contributed by atoms with Crippen LogP contribution in [0.15, 0.2) is 39.3 Å². The van der Waals surface area contributed by atoms with Crippen LogP contribution >= 0.6 is 67.3 Å². The van der Waals surface area contributed by atoms with Gasteiger partial charge in [0.2, 0.25) is 0 Å². The molecule has 2 rings (SSSR count). The lowest BCUT2D eigenvalue weighted by atomic mass is 10.3. The van der Waals surface area contributed by atoms with Crippen LogP contribution in [-0.2, 0) is 0 Å². The molecule has 0 bridgehead atoms. The molecule has 2 nitrogen and oxygen atoms in total. The fourth-order valence-corrected chi connectivity index (χ4v) is 3.36. The minimum atomic E-state index is -0.447. The van der Waals surface area contributed by atoms with Gasteiger partial charge < -0.3 is 10.6 Å². The van der Waals surface area contributed by atoms with E-state index in [2.05, 4.69) is 42.5 Å². The molecule has 2 aromatic rings. The monoisotopic (exact) mass is 470 g/mol. The Morgan fingerprint density at radius 2 is 1.86 bits per heavy atom. The molecule has 0 spiro atoms. The molecule has 0 unspecified atom stereocenters. The summed E-state index contributed by atoms with van der Waals surface area (Å²) >= 11 is 23.6. The van der Waals surface area contributed by atoms with Crippen LogP contribution in [0.25, 0.3) is 0 Å². The van der Waals surface area contributed by atoms with E-state index in [9.17, 15) is 4.39 Å². The van der Waals surface area contributed by atoms with Gasteiger partial charge in [-0.05, 0) is 52.4 Å². The fraction of sp³-hybridized carbons (Fsp3) is 0. The van der Waals surface area contributed by atoms with E-state index in [1.54, 1.807) is 24.3 Å². The van der Waals surface area contributed by atoms with Gasteiger partial charge in [-0.1, -0.05) is 45.2 Å². The Labute approximate surface area is 153 Å². The SMILES string of the molecule is Fc1cc(Br)cc(Br)c1NC(=S)Nc1cccc(Cl)c1Cl. The Kier molecular flexibility index (Phi) is 5.85. The Morgan fingerprint density at radius 1 is 1.14 bits per heavy atom. The molecule has 2 aromatic carbocycles. The zero-order chi connectivity index (χ0) is 15.6. The highest BCUT2D eigenvalue weighted by atomic mass is 79.9. The molecule has 0 aromatic heterocycles. The van der Waals surface area contributed by atoms with E-state index < -0.39 is 5.82 Å². The number of halogens is 5. The lowest BCUT2D eigenvalue weighted by Gasteiger charge is -2.14. The fourth-order valence-electron chi connectivity index (χ4n) is 1.53. The number of rotatable bonds is 2. The van der Waals surface area contributed by atoms with Gasteiger partial charge in [-0.2, -0.15) is 0 Å². The summed E-state index contributed by atoms with van der Waals surface area (Å²) in [6, 6.07) is 8.16. The third-order valence-electron chi connectivity index (χ3n) is 2.45. The maximum Gasteiger partial charge on any atom is 0.175 e. The second kappa shape index (κ2) is 7.24. The minimum Gasteiger partial charge on any atom is -0.331 e. The van der Waals surface area contributed by atoms with E-state index >= 15 is 0 Å². The Morgan fingerprint density at radius 3 is 2.52 bits per heavy atom. The maximum atomic E-state index is 13.9. The topological polar surface area (TPSA) is 24.1 Å². The van der Waals surface area contributed by atoms with E-state index in [-0.39, 0.29) is 10.8 Å². The molecule has 21 heavy (non-hydrogen) atoms. The highest BCUT2D eigenvalue weighted by Crippen LogP contribution is 2.31. The molecule has 2 N–H and O–H groups in total. The van der Waals surface area contributed by atoms with Crippen LogP contribution in [-0.4, -0.2) is 5.11 Å². The molecule has 0 amide bonds. The van der Waals surface area contributed by atoms with Crippen LogP contribution in [0.5, 0.6) is 0 Å². The summed E-state index contributed by atoms with van der Waals surface area (Å²) in [5.41, 5.74) is 0.768. The van der Waals surface area contributed by atoms with E-state index in [1.807, 2.05) is 0 Å². The molecule has 0 aliphatic rings. The summed E-state index contributed by atoms with van der Waals surface area (Å²) in [5.74, 6) is -0.447. The van der Waals surface area contributed by atoms with Gasteiger partial charge in [0, 0.05) is 8.95 Å². The van der Waals surface area contributed by atoms with E-state index in [4.69, 9.17) is 35.4 Å². The average Bonchev–Trinajstić information content (AvgIpc) is 2.39. The van der Waals surface area contributed by atoms with Gasteiger partial charge in [0.05, 0.1) is 21.4 Å². The highest BCUT2D eigenvalue weighted by molar-refractivity contribution is 9.11. The van der Waals surface area contributed by atoms with Gasteiger partial charge in [0.25, 0.3) is 0 Å². The zero-order valence-electron chi connectivity index (χ0n) is 10.2. The van der Waals surface area contributed by atoms with Gasteiger partial charge in [0.1, 0.15) is 5.82 Å². The summed E-state index contributed by atoms with van der Waals surface area (Å²) in [7, 11) is 0. The number of hydrogen-bond donors (Lipinski definition) is 2. The molecule has 0 aliphatic heterocycles. The third kappa shape index (κ3) is 4.29. The van der Waals surface area contributed by atoms with Crippen molar-refractivity contribution in [3.8, 4) is 0 Å². The van der Waals surface area contributed by atoms with E-state index in [0.717, 1.165) is 0 Å². The first-order chi connectivity index (χ1) is 9.88. The minimum absolute atomic E-state index is 0.195. The van der Waals surface area contributed by atoms with Crippen molar-refractivity contribution in [2.75, 3.05) is 10.6 Å². The van der Waals surface area contributed by atoms with Crippen LogP contribution in [0.4, 0.5) is 15.8 Å². The molecule has 8 heteroatoms. The maximum absolute atomic E-state index is 13.9. The molecule has 110 valence electrons. The van der Waals surface area contributed by atoms with Crippen molar-refractivity contribution in [3.63, 3.8) is 0 Å². The lowest BCUT2D eigenvalue weighted by molar-refractivity contribution is 0.630. The van der Waals surface area contributed by atoms with Crippen LogP contribution in [0, 0.1) is 5.82 Å². The summed E-state index contributed by atoms with van der Waals surface area (Å²) in [5, 5.41) is 6.59. The van der Waals surface area contributed by atoms with Gasteiger partial charge in [0.15, 0.2) is 5.11 Å². The first-order valence-corrected chi connectivity index (χ1v) is 8.30. The number of nitrogens with one attached hydrogen (secondary N) is 2.